The number of halogens is 3. The minimum atomic E-state index is -4.76. The minimum absolute atomic E-state index is 0.197. The van der Waals surface area contributed by atoms with Gasteiger partial charge in [0.2, 0.25) is 11.8 Å². The van der Waals surface area contributed by atoms with Crippen molar-refractivity contribution in [2.45, 2.75) is 51.6 Å². The molecule has 0 N–H and O–H groups in total. The van der Waals surface area contributed by atoms with Gasteiger partial charge in [-0.15, -0.1) is 13.2 Å². The smallest absolute Gasteiger partial charge is 0.496 e. The van der Waals surface area contributed by atoms with Crippen molar-refractivity contribution >= 4 is 11.8 Å². The first-order chi connectivity index (χ1) is 22.5. The Morgan fingerprint density at radius 2 is 1.51 bits per heavy atom. The molecule has 5 rings (SSSR count). The van der Waals surface area contributed by atoms with Gasteiger partial charge in [0.25, 0.3) is 0 Å². The molecule has 0 bridgehead atoms. The molecule has 0 aromatic heterocycles. The summed E-state index contributed by atoms with van der Waals surface area (Å²) < 4.78 is 70.7. The van der Waals surface area contributed by atoms with Crippen molar-refractivity contribution in [2.24, 2.45) is 15.9 Å². The fourth-order valence-corrected chi connectivity index (χ4v) is 5.75. The summed E-state index contributed by atoms with van der Waals surface area (Å²) in [4.78, 5) is 9.72. The van der Waals surface area contributed by atoms with Crippen LogP contribution in [0.15, 0.2) is 58.5 Å². The van der Waals surface area contributed by atoms with E-state index in [9.17, 15) is 13.2 Å². The molecule has 0 radical (unpaired) electrons. The number of fused-ring (bicyclic) bond motifs is 1. The maximum Gasteiger partial charge on any atom is 0.573 e. The Bertz CT molecular complexity index is 1700. The number of alkyl halides is 3. The van der Waals surface area contributed by atoms with E-state index in [-0.39, 0.29) is 23.8 Å². The largest absolute Gasteiger partial charge is 0.573 e. The molecular weight excluding hydrogens is 613 g/mol. The van der Waals surface area contributed by atoms with Gasteiger partial charge in [0.1, 0.15) is 35.1 Å². The molecule has 47 heavy (non-hydrogen) atoms. The lowest BCUT2D eigenvalue weighted by molar-refractivity contribution is -0.274. The van der Waals surface area contributed by atoms with Crippen molar-refractivity contribution < 1.29 is 41.6 Å². The first-order valence-corrected chi connectivity index (χ1v) is 15.2. The van der Waals surface area contributed by atoms with E-state index < -0.39 is 6.36 Å². The van der Waals surface area contributed by atoms with Crippen LogP contribution in [-0.4, -0.2) is 65.3 Å². The fourth-order valence-electron chi connectivity index (χ4n) is 5.75. The van der Waals surface area contributed by atoms with E-state index in [1.165, 1.54) is 24.3 Å². The molecule has 3 aromatic carbocycles. The average molecular weight is 651 g/mol. The number of hydrogen-bond acceptors (Lipinski definition) is 8. The number of aliphatic imine (C=N–C) groups is 2. The number of methoxy groups -OCH3 is 4. The molecular formula is C36H37F3N2O6. The zero-order valence-electron chi connectivity index (χ0n) is 27.2. The third kappa shape index (κ3) is 7.59. The highest BCUT2D eigenvalue weighted by atomic mass is 19.4. The third-order valence-corrected chi connectivity index (χ3v) is 7.94. The summed E-state index contributed by atoms with van der Waals surface area (Å²) in [6.45, 7) is 4.72. The normalized spacial score (nSPS) is 17.3. The van der Waals surface area contributed by atoms with Gasteiger partial charge in [-0.2, -0.15) is 0 Å². The zero-order valence-corrected chi connectivity index (χ0v) is 27.2. The minimum Gasteiger partial charge on any atom is -0.496 e. The lowest BCUT2D eigenvalue weighted by Gasteiger charge is -2.29. The van der Waals surface area contributed by atoms with E-state index >= 15 is 0 Å². The quantitative estimate of drug-likeness (QED) is 0.256. The van der Waals surface area contributed by atoms with E-state index in [2.05, 4.69) is 36.5 Å². The molecule has 8 nitrogen and oxygen atoms in total. The van der Waals surface area contributed by atoms with Crippen LogP contribution in [0.3, 0.4) is 0 Å². The Balaban J connectivity index is 1.49. The molecule has 2 aliphatic heterocycles. The van der Waals surface area contributed by atoms with Gasteiger partial charge in [-0.3, -0.25) is 0 Å². The number of ether oxygens (including phenoxy) is 6. The Morgan fingerprint density at radius 1 is 0.851 bits per heavy atom. The second kappa shape index (κ2) is 14.3. The second-order valence-corrected chi connectivity index (χ2v) is 11.4. The van der Waals surface area contributed by atoms with Gasteiger partial charge >= 0.3 is 6.36 Å². The van der Waals surface area contributed by atoms with Crippen LogP contribution in [0, 0.1) is 17.8 Å². The van der Waals surface area contributed by atoms with Crippen LogP contribution in [0.4, 0.5) is 13.2 Å². The summed E-state index contributed by atoms with van der Waals surface area (Å²) >= 11 is 0. The van der Waals surface area contributed by atoms with Crippen LogP contribution in [0.2, 0.25) is 0 Å². The standard InChI is InChI=1S/C36H37F3N2O6/c1-21(2)32-35(45-6)40-28(34(41-32)44-5)20-24-13-16-27(33-26(24)8-7-17-46-33)31-29(42-3)18-23(19-30(31)43-4)10-9-22-11-14-25(15-12-22)47-36(37,38)39/h11-16,18-19,21,28,32H,7-8,17,20H2,1-6H3/t28-,32+/m0/s1. The molecule has 2 atom stereocenters. The molecule has 0 saturated heterocycles. The van der Waals surface area contributed by atoms with Crippen LogP contribution >= 0.6 is 0 Å². The first-order valence-electron chi connectivity index (χ1n) is 15.2. The summed E-state index contributed by atoms with van der Waals surface area (Å²) in [6.07, 6.45) is -2.51. The molecule has 3 aromatic rings. The summed E-state index contributed by atoms with van der Waals surface area (Å²) in [5, 5.41) is 0. The van der Waals surface area contributed by atoms with Crippen molar-refractivity contribution in [3.05, 3.63) is 70.8 Å². The van der Waals surface area contributed by atoms with E-state index in [0.29, 0.717) is 47.4 Å². The lowest BCUT2D eigenvalue weighted by atomic mass is 9.89. The van der Waals surface area contributed by atoms with Crippen LogP contribution < -0.4 is 18.9 Å². The van der Waals surface area contributed by atoms with E-state index in [1.807, 2.05) is 6.07 Å². The zero-order chi connectivity index (χ0) is 33.7. The number of hydrogen-bond donors (Lipinski definition) is 0. The van der Waals surface area contributed by atoms with Crippen molar-refractivity contribution in [3.8, 4) is 46.0 Å². The van der Waals surface area contributed by atoms with Crippen molar-refractivity contribution in [1.29, 1.82) is 0 Å². The van der Waals surface area contributed by atoms with Gasteiger partial charge < -0.3 is 28.4 Å². The van der Waals surface area contributed by atoms with E-state index in [1.54, 1.807) is 40.6 Å². The summed E-state index contributed by atoms with van der Waals surface area (Å²) in [6, 6.07) is 12.5. The highest BCUT2D eigenvalue weighted by molar-refractivity contribution is 5.94. The predicted octanol–water partition coefficient (Wildman–Crippen LogP) is 7.03. The Labute approximate surface area is 272 Å². The highest BCUT2D eigenvalue weighted by Crippen LogP contribution is 2.47. The molecule has 11 heteroatoms. The van der Waals surface area contributed by atoms with Crippen molar-refractivity contribution in [1.82, 2.24) is 0 Å². The molecule has 0 saturated carbocycles. The lowest BCUT2D eigenvalue weighted by Crippen LogP contribution is -2.38. The van der Waals surface area contributed by atoms with Crippen LogP contribution in [0.5, 0.6) is 23.0 Å². The summed E-state index contributed by atoms with van der Waals surface area (Å²) in [5.74, 6) is 8.90. The van der Waals surface area contributed by atoms with Gasteiger partial charge in [-0.05, 0) is 66.3 Å². The molecule has 0 fully saturated rings. The molecule has 0 amide bonds. The van der Waals surface area contributed by atoms with Crippen LogP contribution in [0.25, 0.3) is 11.1 Å². The van der Waals surface area contributed by atoms with Gasteiger partial charge in [0.15, 0.2) is 0 Å². The Morgan fingerprint density at radius 3 is 2.11 bits per heavy atom. The summed E-state index contributed by atoms with van der Waals surface area (Å²) in [7, 11) is 6.38. The summed E-state index contributed by atoms with van der Waals surface area (Å²) in [5.41, 5.74) is 4.81. The van der Waals surface area contributed by atoms with Crippen molar-refractivity contribution in [2.75, 3.05) is 35.0 Å². The van der Waals surface area contributed by atoms with Crippen LogP contribution in [-0.2, 0) is 22.3 Å². The van der Waals surface area contributed by atoms with Crippen molar-refractivity contribution in [3.63, 3.8) is 0 Å². The number of rotatable bonds is 7. The number of nitrogens with zero attached hydrogens (tertiary/aromatic N) is 2. The Kier molecular flexibility index (Phi) is 10.2. The predicted molar refractivity (Wildman–Crippen MR) is 173 cm³/mol. The average Bonchev–Trinajstić information content (AvgIpc) is 3.06. The first kappa shape index (κ1) is 33.5. The topological polar surface area (TPSA) is 80.1 Å². The monoisotopic (exact) mass is 650 g/mol. The van der Waals surface area contributed by atoms with Gasteiger partial charge in [-0.25, -0.2) is 9.98 Å². The van der Waals surface area contributed by atoms with Gasteiger partial charge in [-0.1, -0.05) is 37.8 Å². The molecule has 0 aliphatic carbocycles. The maximum atomic E-state index is 12.5. The maximum absolute atomic E-state index is 12.5. The van der Waals surface area contributed by atoms with E-state index in [0.717, 1.165) is 40.8 Å². The van der Waals surface area contributed by atoms with Crippen LogP contribution in [0.1, 0.15) is 42.5 Å². The third-order valence-electron chi connectivity index (χ3n) is 7.94. The molecule has 0 spiro atoms. The Hall–Kier alpha value is -4.85. The highest BCUT2D eigenvalue weighted by Gasteiger charge is 2.33. The molecule has 0 unspecified atom stereocenters. The molecule has 2 aliphatic rings. The molecule has 248 valence electrons. The fraction of sp³-hybridized carbons (Fsp3) is 0.389. The van der Waals surface area contributed by atoms with E-state index in [4.69, 9.17) is 33.7 Å². The SMILES string of the molecule is COC1=N[C@H](C(C)C)C(OC)=N[C@H]1Cc1ccc(-c2c(OC)cc(C#Cc3ccc(OC(F)(F)F)cc3)cc2OC)c2c1CCCO2. The van der Waals surface area contributed by atoms with Gasteiger partial charge in [0, 0.05) is 23.1 Å². The van der Waals surface area contributed by atoms with Gasteiger partial charge in [0.05, 0.1) is 40.6 Å². The second-order valence-electron chi connectivity index (χ2n) is 11.4. The number of benzene rings is 3. The molecule has 2 heterocycles.